The molecular formula is C18H17N3O4S. The van der Waals surface area contributed by atoms with Gasteiger partial charge in [-0.3, -0.25) is 14.2 Å². The standard InChI is InChI=1S/C18H17N3O4S/c1-2-8-19-13(22)9-21-15(11-6-4-3-5-7-11)20-16-14(17(21)23)12(10-26-16)18(24)25/h3-7,10H,2,8-9H2,1H3,(H,19,22)(H,24,25). The molecular weight excluding hydrogens is 354 g/mol. The van der Waals surface area contributed by atoms with E-state index in [-0.39, 0.29) is 23.4 Å². The number of fused-ring (bicyclic) bond motifs is 1. The lowest BCUT2D eigenvalue weighted by atomic mass is 10.2. The molecule has 134 valence electrons. The summed E-state index contributed by atoms with van der Waals surface area (Å²) in [5.41, 5.74) is 0.0593. The zero-order valence-electron chi connectivity index (χ0n) is 14.1. The van der Waals surface area contributed by atoms with Gasteiger partial charge in [0.05, 0.1) is 10.9 Å². The number of carboxylic acids is 1. The van der Waals surface area contributed by atoms with Crippen LogP contribution in [-0.4, -0.2) is 33.1 Å². The molecule has 0 aliphatic rings. The topological polar surface area (TPSA) is 101 Å². The first-order valence-electron chi connectivity index (χ1n) is 8.10. The molecule has 0 aliphatic heterocycles. The Morgan fingerprint density at radius 1 is 1.27 bits per heavy atom. The predicted molar refractivity (Wildman–Crippen MR) is 99.6 cm³/mol. The average molecular weight is 371 g/mol. The van der Waals surface area contributed by atoms with Crippen LogP contribution in [0.3, 0.4) is 0 Å². The molecule has 0 fully saturated rings. The molecule has 2 N–H and O–H groups in total. The smallest absolute Gasteiger partial charge is 0.337 e. The summed E-state index contributed by atoms with van der Waals surface area (Å²) in [7, 11) is 0. The molecule has 2 aromatic heterocycles. The number of aromatic carboxylic acids is 1. The lowest BCUT2D eigenvalue weighted by Gasteiger charge is -2.13. The molecule has 7 nitrogen and oxygen atoms in total. The van der Waals surface area contributed by atoms with Crippen molar-refractivity contribution in [2.45, 2.75) is 19.9 Å². The summed E-state index contributed by atoms with van der Waals surface area (Å²) in [4.78, 5) is 41.4. The molecule has 0 spiro atoms. The van der Waals surface area contributed by atoms with E-state index in [9.17, 15) is 19.5 Å². The Morgan fingerprint density at radius 2 is 2.00 bits per heavy atom. The van der Waals surface area contributed by atoms with Crippen LogP contribution < -0.4 is 10.9 Å². The Hall–Kier alpha value is -3.00. The van der Waals surface area contributed by atoms with Crippen molar-refractivity contribution in [3.63, 3.8) is 0 Å². The molecule has 3 rings (SSSR count). The molecule has 8 heteroatoms. The van der Waals surface area contributed by atoms with Crippen LogP contribution in [0.5, 0.6) is 0 Å². The maximum Gasteiger partial charge on any atom is 0.337 e. The van der Waals surface area contributed by atoms with E-state index in [1.54, 1.807) is 12.1 Å². The van der Waals surface area contributed by atoms with Crippen molar-refractivity contribution in [2.24, 2.45) is 0 Å². The summed E-state index contributed by atoms with van der Waals surface area (Å²) in [6.07, 6.45) is 0.775. The van der Waals surface area contributed by atoms with Crippen molar-refractivity contribution in [1.82, 2.24) is 14.9 Å². The van der Waals surface area contributed by atoms with Crippen LogP contribution in [0, 0.1) is 0 Å². The molecule has 0 aliphatic carbocycles. The highest BCUT2D eigenvalue weighted by molar-refractivity contribution is 7.17. The van der Waals surface area contributed by atoms with E-state index in [0.717, 1.165) is 17.8 Å². The molecule has 0 atom stereocenters. The second-order valence-electron chi connectivity index (χ2n) is 5.68. The Kier molecular flexibility index (Phi) is 5.13. The number of thiophene rings is 1. The third-order valence-electron chi connectivity index (χ3n) is 3.83. The molecule has 0 bridgehead atoms. The summed E-state index contributed by atoms with van der Waals surface area (Å²) in [5, 5.41) is 13.5. The van der Waals surface area contributed by atoms with Crippen LogP contribution in [0.2, 0.25) is 0 Å². The van der Waals surface area contributed by atoms with Crippen molar-refractivity contribution < 1.29 is 14.7 Å². The maximum absolute atomic E-state index is 13.0. The molecule has 26 heavy (non-hydrogen) atoms. The van der Waals surface area contributed by atoms with Gasteiger partial charge in [-0.2, -0.15) is 0 Å². The normalized spacial score (nSPS) is 10.8. The summed E-state index contributed by atoms with van der Waals surface area (Å²) < 4.78 is 1.24. The number of benzene rings is 1. The molecule has 3 aromatic rings. The minimum absolute atomic E-state index is 0.0328. The minimum atomic E-state index is -1.19. The number of nitrogens with one attached hydrogen (secondary N) is 1. The van der Waals surface area contributed by atoms with Gasteiger partial charge in [-0.25, -0.2) is 9.78 Å². The van der Waals surface area contributed by atoms with E-state index >= 15 is 0 Å². The van der Waals surface area contributed by atoms with E-state index in [1.807, 2.05) is 25.1 Å². The largest absolute Gasteiger partial charge is 0.478 e. The van der Waals surface area contributed by atoms with Crippen molar-refractivity contribution in [1.29, 1.82) is 0 Å². The third-order valence-corrected chi connectivity index (χ3v) is 4.70. The molecule has 1 aromatic carbocycles. The molecule has 0 unspecified atom stereocenters. The molecule has 2 heterocycles. The van der Waals surface area contributed by atoms with Gasteiger partial charge >= 0.3 is 5.97 Å². The van der Waals surface area contributed by atoms with Crippen molar-refractivity contribution in [2.75, 3.05) is 6.54 Å². The summed E-state index contributed by atoms with van der Waals surface area (Å²) in [6, 6.07) is 9.04. The monoisotopic (exact) mass is 371 g/mol. The van der Waals surface area contributed by atoms with Crippen LogP contribution in [-0.2, 0) is 11.3 Å². The van der Waals surface area contributed by atoms with Crippen molar-refractivity contribution in [3.05, 3.63) is 51.6 Å². The fourth-order valence-electron chi connectivity index (χ4n) is 2.60. The van der Waals surface area contributed by atoms with Gasteiger partial charge in [0.1, 0.15) is 17.2 Å². The highest BCUT2D eigenvalue weighted by Gasteiger charge is 2.21. The fraction of sp³-hybridized carbons (Fsp3) is 0.222. The highest BCUT2D eigenvalue weighted by Crippen LogP contribution is 2.25. The first-order valence-corrected chi connectivity index (χ1v) is 8.98. The number of hydrogen-bond donors (Lipinski definition) is 2. The lowest BCUT2D eigenvalue weighted by Crippen LogP contribution is -2.34. The predicted octanol–water partition coefficient (Wildman–Crippen LogP) is 2.35. The van der Waals surface area contributed by atoms with Crippen LogP contribution in [0.4, 0.5) is 0 Å². The van der Waals surface area contributed by atoms with Crippen molar-refractivity contribution >= 4 is 33.4 Å². The van der Waals surface area contributed by atoms with Gasteiger partial charge in [-0.15, -0.1) is 11.3 Å². The van der Waals surface area contributed by atoms with E-state index < -0.39 is 11.5 Å². The zero-order valence-corrected chi connectivity index (χ0v) is 14.9. The SMILES string of the molecule is CCCNC(=O)Cn1c(-c2ccccc2)nc2scc(C(=O)O)c2c1=O. The van der Waals surface area contributed by atoms with Crippen LogP contribution in [0.25, 0.3) is 21.6 Å². The number of carbonyl (C=O) groups excluding carboxylic acids is 1. The summed E-state index contributed by atoms with van der Waals surface area (Å²) in [5.74, 6) is -1.17. The van der Waals surface area contributed by atoms with Gasteiger partial charge in [0, 0.05) is 17.5 Å². The van der Waals surface area contributed by atoms with E-state index in [1.165, 1.54) is 9.95 Å². The fourth-order valence-corrected chi connectivity index (χ4v) is 3.50. The third kappa shape index (κ3) is 3.36. The van der Waals surface area contributed by atoms with E-state index in [0.29, 0.717) is 22.8 Å². The number of nitrogens with zero attached hydrogens (tertiary/aromatic N) is 2. The van der Waals surface area contributed by atoms with E-state index in [4.69, 9.17) is 0 Å². The lowest BCUT2D eigenvalue weighted by molar-refractivity contribution is -0.121. The summed E-state index contributed by atoms with van der Waals surface area (Å²) in [6.45, 7) is 2.21. The second-order valence-corrected chi connectivity index (χ2v) is 6.54. The first-order chi connectivity index (χ1) is 12.5. The quantitative estimate of drug-likeness (QED) is 0.693. The molecule has 1 amide bonds. The number of amides is 1. The minimum Gasteiger partial charge on any atom is -0.478 e. The van der Waals surface area contributed by atoms with Crippen LogP contribution in [0.1, 0.15) is 23.7 Å². The average Bonchev–Trinajstić information content (AvgIpc) is 3.07. The Balaban J connectivity index is 2.21. The van der Waals surface area contributed by atoms with E-state index in [2.05, 4.69) is 10.3 Å². The Morgan fingerprint density at radius 3 is 2.65 bits per heavy atom. The number of hydrogen-bond acceptors (Lipinski definition) is 5. The number of carbonyl (C=O) groups is 2. The highest BCUT2D eigenvalue weighted by atomic mass is 32.1. The Labute approximate surface area is 152 Å². The number of aromatic nitrogens is 2. The van der Waals surface area contributed by atoms with Gasteiger partial charge in [-0.1, -0.05) is 37.3 Å². The molecule has 0 saturated carbocycles. The van der Waals surface area contributed by atoms with Crippen LogP contribution in [0.15, 0.2) is 40.5 Å². The molecule has 0 radical (unpaired) electrons. The number of carboxylic acid groups (broad SMARTS) is 1. The van der Waals surface area contributed by atoms with Gasteiger partial charge < -0.3 is 10.4 Å². The van der Waals surface area contributed by atoms with Gasteiger partial charge in [-0.05, 0) is 6.42 Å². The second kappa shape index (κ2) is 7.49. The Bertz CT molecular complexity index is 1020. The van der Waals surface area contributed by atoms with Crippen molar-refractivity contribution in [3.8, 4) is 11.4 Å². The van der Waals surface area contributed by atoms with Gasteiger partial charge in [0.15, 0.2) is 0 Å². The van der Waals surface area contributed by atoms with Gasteiger partial charge in [0.2, 0.25) is 5.91 Å². The molecule has 0 saturated heterocycles. The van der Waals surface area contributed by atoms with Gasteiger partial charge in [0.25, 0.3) is 5.56 Å². The zero-order chi connectivity index (χ0) is 18.7. The first kappa shape index (κ1) is 17.8. The maximum atomic E-state index is 13.0. The number of rotatable bonds is 6. The van der Waals surface area contributed by atoms with Crippen LogP contribution >= 0.6 is 11.3 Å². The summed E-state index contributed by atoms with van der Waals surface area (Å²) >= 11 is 1.10.